The highest BCUT2D eigenvalue weighted by Crippen LogP contribution is 2.26. The molecule has 1 fully saturated rings. The first-order valence-electron chi connectivity index (χ1n) is 7.77. The number of nitrogens with zero attached hydrogens (tertiary/aromatic N) is 1. The van der Waals surface area contributed by atoms with Crippen LogP contribution in [0.4, 0.5) is 0 Å². The van der Waals surface area contributed by atoms with E-state index >= 15 is 0 Å². The molecule has 20 heavy (non-hydrogen) atoms. The Labute approximate surface area is 126 Å². The summed E-state index contributed by atoms with van der Waals surface area (Å²) in [6.45, 7) is 8.09. The quantitative estimate of drug-likeness (QED) is 0.485. The lowest BCUT2D eigenvalue weighted by Gasteiger charge is -2.34. The summed E-state index contributed by atoms with van der Waals surface area (Å²) in [7, 11) is -1.88. The third-order valence-electron chi connectivity index (χ3n) is 3.57. The van der Waals surface area contributed by atoms with Gasteiger partial charge < -0.3 is 13.6 Å². The van der Waals surface area contributed by atoms with Crippen molar-refractivity contribution in [3.05, 3.63) is 0 Å². The molecule has 2 unspecified atom stereocenters. The van der Waals surface area contributed by atoms with Crippen molar-refractivity contribution in [1.82, 2.24) is 0 Å². The summed E-state index contributed by atoms with van der Waals surface area (Å²) in [5, 5.41) is 8.42. The number of ether oxygens (including phenoxy) is 1. The van der Waals surface area contributed by atoms with Crippen LogP contribution in [-0.4, -0.2) is 37.6 Å². The van der Waals surface area contributed by atoms with Gasteiger partial charge in [0.1, 0.15) is 6.29 Å². The Morgan fingerprint density at radius 3 is 3.00 bits per heavy atom. The topological polar surface area (TPSA) is 51.5 Å². The SMILES string of the molecule is CC(CC[SiH2]OC1CCC[Si](C)(C)O1)COCCC#N. The molecule has 0 saturated carbocycles. The Hall–Kier alpha value is -0.196. The van der Waals surface area contributed by atoms with Gasteiger partial charge in [-0.05, 0) is 50.4 Å². The predicted octanol–water partition coefficient (Wildman–Crippen LogP) is 2.80. The molecule has 4 nitrogen and oxygen atoms in total. The zero-order chi connectivity index (χ0) is 14.8. The lowest BCUT2D eigenvalue weighted by Crippen LogP contribution is -2.41. The molecule has 0 amide bonds. The van der Waals surface area contributed by atoms with Crippen molar-refractivity contribution in [2.24, 2.45) is 5.92 Å². The lowest BCUT2D eigenvalue weighted by atomic mass is 10.1. The van der Waals surface area contributed by atoms with E-state index in [1.165, 1.54) is 18.5 Å². The molecule has 1 rings (SSSR count). The van der Waals surface area contributed by atoms with Crippen LogP contribution < -0.4 is 0 Å². The van der Waals surface area contributed by atoms with Crippen molar-refractivity contribution in [3.63, 3.8) is 0 Å². The molecule has 0 aliphatic carbocycles. The van der Waals surface area contributed by atoms with Crippen LogP contribution in [0.3, 0.4) is 0 Å². The van der Waals surface area contributed by atoms with E-state index in [0.717, 1.165) is 19.4 Å². The highest BCUT2D eigenvalue weighted by molar-refractivity contribution is 6.71. The normalized spacial score (nSPS) is 23.8. The number of nitriles is 1. The monoisotopic (exact) mass is 315 g/mol. The smallest absolute Gasteiger partial charge is 0.190 e. The van der Waals surface area contributed by atoms with Gasteiger partial charge in [0.15, 0.2) is 18.1 Å². The van der Waals surface area contributed by atoms with Crippen molar-refractivity contribution < 1.29 is 13.6 Å². The minimum absolute atomic E-state index is 0.0965. The van der Waals surface area contributed by atoms with E-state index in [1.807, 2.05) is 0 Å². The van der Waals surface area contributed by atoms with Crippen LogP contribution in [0.2, 0.25) is 25.2 Å². The zero-order valence-electron chi connectivity index (χ0n) is 13.2. The third-order valence-corrected chi connectivity index (χ3v) is 7.34. The Morgan fingerprint density at radius 1 is 1.50 bits per heavy atom. The van der Waals surface area contributed by atoms with Crippen LogP contribution in [0.5, 0.6) is 0 Å². The molecule has 0 N–H and O–H groups in total. The molecule has 0 aromatic rings. The first-order valence-corrected chi connectivity index (χ1v) is 12.5. The molecular weight excluding hydrogens is 286 g/mol. The molecule has 1 saturated heterocycles. The molecule has 2 atom stereocenters. The molecule has 0 aromatic heterocycles. The average Bonchev–Trinajstić information content (AvgIpc) is 2.39. The second-order valence-corrected chi connectivity index (χ2v) is 12.0. The summed E-state index contributed by atoms with van der Waals surface area (Å²) >= 11 is 0. The Balaban J connectivity index is 2.00. The molecule has 0 bridgehead atoms. The molecule has 0 spiro atoms. The van der Waals surface area contributed by atoms with E-state index in [1.54, 1.807) is 0 Å². The Kier molecular flexibility index (Phi) is 8.65. The third kappa shape index (κ3) is 8.17. The first-order chi connectivity index (χ1) is 9.53. The van der Waals surface area contributed by atoms with Crippen molar-refractivity contribution in [1.29, 1.82) is 5.26 Å². The molecule has 1 heterocycles. The van der Waals surface area contributed by atoms with Gasteiger partial charge in [0.2, 0.25) is 0 Å². The summed E-state index contributed by atoms with van der Waals surface area (Å²) in [4.78, 5) is 0. The van der Waals surface area contributed by atoms with Gasteiger partial charge in [0.25, 0.3) is 0 Å². The molecule has 116 valence electrons. The second-order valence-electron chi connectivity index (χ2n) is 6.30. The predicted molar refractivity (Wildman–Crippen MR) is 85.7 cm³/mol. The maximum atomic E-state index is 8.42. The van der Waals surface area contributed by atoms with Crippen LogP contribution >= 0.6 is 0 Å². The van der Waals surface area contributed by atoms with Crippen LogP contribution in [0.1, 0.15) is 32.6 Å². The minimum atomic E-state index is -1.41. The van der Waals surface area contributed by atoms with Gasteiger partial charge in [-0.3, -0.25) is 0 Å². The second kappa shape index (κ2) is 9.69. The van der Waals surface area contributed by atoms with E-state index in [2.05, 4.69) is 26.1 Å². The van der Waals surface area contributed by atoms with Gasteiger partial charge in [0, 0.05) is 6.61 Å². The maximum Gasteiger partial charge on any atom is 0.190 e. The number of hydrogen-bond donors (Lipinski definition) is 0. The molecular formula is C14H29NO3Si2. The fraction of sp³-hybridized carbons (Fsp3) is 0.929. The van der Waals surface area contributed by atoms with Crippen LogP contribution in [0.15, 0.2) is 0 Å². The Bertz CT molecular complexity index is 307. The van der Waals surface area contributed by atoms with E-state index in [4.69, 9.17) is 18.9 Å². The van der Waals surface area contributed by atoms with Gasteiger partial charge in [-0.1, -0.05) is 6.92 Å². The number of rotatable bonds is 9. The van der Waals surface area contributed by atoms with E-state index in [-0.39, 0.29) is 6.29 Å². The van der Waals surface area contributed by atoms with E-state index in [9.17, 15) is 0 Å². The Morgan fingerprint density at radius 2 is 2.30 bits per heavy atom. The molecule has 0 radical (unpaired) electrons. The largest absolute Gasteiger partial charge is 0.400 e. The van der Waals surface area contributed by atoms with Crippen molar-refractivity contribution in [3.8, 4) is 6.07 Å². The average molecular weight is 316 g/mol. The van der Waals surface area contributed by atoms with Crippen molar-refractivity contribution in [2.75, 3.05) is 13.2 Å². The van der Waals surface area contributed by atoms with Gasteiger partial charge in [0.05, 0.1) is 19.1 Å². The van der Waals surface area contributed by atoms with Gasteiger partial charge >= 0.3 is 0 Å². The van der Waals surface area contributed by atoms with Crippen LogP contribution in [-0.2, 0) is 13.6 Å². The molecule has 1 aliphatic rings. The molecule has 6 heteroatoms. The summed E-state index contributed by atoms with van der Waals surface area (Å²) in [5.74, 6) is 0.558. The fourth-order valence-corrected chi connectivity index (χ4v) is 6.15. The van der Waals surface area contributed by atoms with Crippen LogP contribution in [0.25, 0.3) is 0 Å². The highest BCUT2D eigenvalue weighted by Gasteiger charge is 2.31. The van der Waals surface area contributed by atoms with Gasteiger partial charge in [-0.25, -0.2) is 0 Å². The molecule has 0 aromatic carbocycles. The summed E-state index contributed by atoms with van der Waals surface area (Å²) in [6.07, 6.45) is 4.09. The first kappa shape index (κ1) is 17.9. The summed E-state index contributed by atoms with van der Waals surface area (Å²) < 4.78 is 17.5. The van der Waals surface area contributed by atoms with E-state index in [0.29, 0.717) is 18.9 Å². The maximum absolute atomic E-state index is 8.42. The van der Waals surface area contributed by atoms with Crippen molar-refractivity contribution >= 4 is 18.1 Å². The molecule has 1 aliphatic heterocycles. The highest BCUT2D eigenvalue weighted by atomic mass is 28.4. The van der Waals surface area contributed by atoms with Crippen LogP contribution in [0, 0.1) is 17.2 Å². The van der Waals surface area contributed by atoms with Gasteiger partial charge in [-0.15, -0.1) is 0 Å². The summed E-state index contributed by atoms with van der Waals surface area (Å²) in [5.41, 5.74) is 0. The lowest BCUT2D eigenvalue weighted by molar-refractivity contribution is -0.0176. The standard InChI is InChI=1S/C14H29NO3Si2/c1-13(12-16-9-5-8-15)7-10-19-17-14-6-4-11-20(2,3)18-14/h13-14H,4-7,9-12,19H2,1-3H3. The number of hydrogen-bond acceptors (Lipinski definition) is 4. The van der Waals surface area contributed by atoms with Gasteiger partial charge in [-0.2, -0.15) is 5.26 Å². The zero-order valence-corrected chi connectivity index (χ0v) is 15.6. The van der Waals surface area contributed by atoms with E-state index < -0.39 is 18.1 Å². The fourth-order valence-electron chi connectivity index (χ4n) is 2.42. The van der Waals surface area contributed by atoms with Crippen molar-refractivity contribution in [2.45, 2.75) is 64.1 Å². The summed E-state index contributed by atoms with van der Waals surface area (Å²) in [6, 6.07) is 4.54. The minimum Gasteiger partial charge on any atom is -0.400 e.